The third kappa shape index (κ3) is 8.66. The minimum Gasteiger partial charge on any atom is -0.506 e. The summed E-state index contributed by atoms with van der Waals surface area (Å²) in [6.07, 6.45) is 0. The molecule has 19 nitrogen and oxygen atoms in total. The van der Waals surface area contributed by atoms with E-state index in [1.165, 1.54) is 16.8 Å². The minimum atomic E-state index is -4.81. The molecule has 0 unspecified atom stereocenters. The van der Waals surface area contributed by atoms with Crippen molar-refractivity contribution in [1.82, 2.24) is 9.78 Å². The van der Waals surface area contributed by atoms with Crippen LogP contribution in [0.5, 0.6) is 23.1 Å². The fourth-order valence-electron chi connectivity index (χ4n) is 5.41. The van der Waals surface area contributed by atoms with E-state index >= 15 is 0 Å². The van der Waals surface area contributed by atoms with Crippen molar-refractivity contribution in [3.05, 3.63) is 135 Å². The Balaban J connectivity index is 0.000000306. The minimum absolute atomic E-state index is 0. The van der Waals surface area contributed by atoms with Gasteiger partial charge in [-0.05, 0) is 42.6 Å². The first-order chi connectivity index (χ1) is 26.6. The molecule has 0 aliphatic heterocycles. The van der Waals surface area contributed by atoms with Crippen molar-refractivity contribution in [3.8, 4) is 28.8 Å². The number of non-ortho nitro benzene ring substituents is 2. The van der Waals surface area contributed by atoms with E-state index in [4.69, 9.17) is 0 Å². The zero-order valence-electron chi connectivity index (χ0n) is 31.0. The molecule has 0 aliphatic carbocycles. The van der Waals surface area contributed by atoms with Crippen LogP contribution in [0.25, 0.3) is 27.2 Å². The quantitative estimate of drug-likeness (QED) is 0.0414. The molecular formula is C36H28CrN8O11S+2. The van der Waals surface area contributed by atoms with Crippen LogP contribution in [0, 0.1) is 27.2 Å². The van der Waals surface area contributed by atoms with Crippen LogP contribution < -0.4 is 0 Å². The number of aromatic hydroxyl groups is 4. The van der Waals surface area contributed by atoms with Crippen molar-refractivity contribution in [2.75, 3.05) is 0 Å². The van der Waals surface area contributed by atoms with Gasteiger partial charge in [-0.1, -0.05) is 48.5 Å². The van der Waals surface area contributed by atoms with Gasteiger partial charge in [0.1, 0.15) is 39.2 Å². The monoisotopic (exact) mass is 832 g/mol. The Morgan fingerprint density at radius 3 is 1.89 bits per heavy atom. The van der Waals surface area contributed by atoms with Gasteiger partial charge in [0.25, 0.3) is 21.5 Å². The summed E-state index contributed by atoms with van der Waals surface area (Å²) in [5.41, 5.74) is 0.356. The SMILES string of the molecule is Cc1nn(-c2ccccc2)c(O)c1N=Nc1cc([N+](=O)[O-])ccc1O.O=[N+]([O-])c1ccc2c(N=Nc3c(O)ccc4ccccc34)c(O)cc(S(=O)(=O)O)c2c1.[Cr].[H+].[H+]. The molecule has 0 fully saturated rings. The summed E-state index contributed by atoms with van der Waals surface area (Å²) in [5.74, 6) is -1.28. The predicted molar refractivity (Wildman–Crippen MR) is 203 cm³/mol. The molecule has 0 atom stereocenters. The molecule has 1 heterocycles. The van der Waals surface area contributed by atoms with Gasteiger partial charge in [0.15, 0.2) is 5.69 Å². The van der Waals surface area contributed by atoms with Crippen LogP contribution in [0.3, 0.4) is 0 Å². The van der Waals surface area contributed by atoms with Crippen molar-refractivity contribution in [2.24, 2.45) is 20.5 Å². The summed E-state index contributed by atoms with van der Waals surface area (Å²) in [5, 5.41) is 83.6. The third-order valence-corrected chi connectivity index (χ3v) is 8.98. The van der Waals surface area contributed by atoms with E-state index in [0.29, 0.717) is 16.8 Å². The Labute approximate surface area is 334 Å². The third-order valence-electron chi connectivity index (χ3n) is 8.09. The number of azo groups is 2. The molecule has 0 radical (unpaired) electrons. The summed E-state index contributed by atoms with van der Waals surface area (Å²) in [6.45, 7) is 1.64. The maximum absolute atomic E-state index is 11.7. The molecule has 0 saturated heterocycles. The summed E-state index contributed by atoms with van der Waals surface area (Å²) in [6, 6.07) is 26.5. The van der Waals surface area contributed by atoms with E-state index in [2.05, 4.69) is 25.6 Å². The number of hydrogen-bond donors (Lipinski definition) is 5. The fourth-order valence-corrected chi connectivity index (χ4v) is 6.12. The summed E-state index contributed by atoms with van der Waals surface area (Å²) in [4.78, 5) is 19.9. The maximum atomic E-state index is 11.7. The van der Waals surface area contributed by atoms with Crippen LogP contribution in [0.15, 0.2) is 135 Å². The van der Waals surface area contributed by atoms with Crippen LogP contribution in [-0.4, -0.2) is 53.0 Å². The average molecular weight is 833 g/mol. The molecule has 7 aromatic rings. The number of para-hydroxylation sites is 1. The summed E-state index contributed by atoms with van der Waals surface area (Å²) < 4.78 is 34.3. The van der Waals surface area contributed by atoms with Gasteiger partial charge >= 0.3 is 2.85 Å². The topological polar surface area (TPSA) is 289 Å². The second-order valence-corrected chi connectivity index (χ2v) is 13.1. The molecule has 21 heteroatoms. The zero-order valence-corrected chi connectivity index (χ0v) is 31.1. The fraction of sp³-hybridized carbons (Fsp3) is 0.0278. The van der Waals surface area contributed by atoms with E-state index in [9.17, 15) is 53.6 Å². The number of nitro groups is 2. The van der Waals surface area contributed by atoms with Crippen molar-refractivity contribution < 1.29 is 63.5 Å². The average Bonchev–Trinajstić information content (AvgIpc) is 3.46. The number of nitrogens with zero attached hydrogens (tertiary/aromatic N) is 8. The number of benzene rings is 6. The number of fused-ring (bicyclic) bond motifs is 2. The van der Waals surface area contributed by atoms with Crippen LogP contribution in [0.1, 0.15) is 8.55 Å². The Morgan fingerprint density at radius 1 is 0.649 bits per heavy atom. The Bertz CT molecular complexity index is 2880. The molecular weight excluding hydrogens is 805 g/mol. The summed E-state index contributed by atoms with van der Waals surface area (Å²) >= 11 is 0. The van der Waals surface area contributed by atoms with Crippen LogP contribution in [0.2, 0.25) is 0 Å². The van der Waals surface area contributed by atoms with Gasteiger partial charge in [0.05, 0.1) is 21.2 Å². The number of rotatable bonds is 8. The first-order valence-electron chi connectivity index (χ1n) is 15.9. The first-order valence-corrected chi connectivity index (χ1v) is 17.3. The normalized spacial score (nSPS) is 11.4. The van der Waals surface area contributed by atoms with Gasteiger partial charge in [-0.25, -0.2) is 0 Å². The molecule has 0 aliphatic rings. The van der Waals surface area contributed by atoms with Crippen LogP contribution in [-0.2, 0) is 27.5 Å². The smallest absolute Gasteiger partial charge is 0.506 e. The molecule has 5 N–H and O–H groups in total. The molecule has 6 aromatic carbocycles. The molecule has 7 rings (SSSR count). The summed E-state index contributed by atoms with van der Waals surface area (Å²) in [7, 11) is -4.81. The number of phenolic OH excluding ortho intramolecular Hbond substituents is 3. The van der Waals surface area contributed by atoms with E-state index < -0.39 is 36.3 Å². The van der Waals surface area contributed by atoms with Crippen LogP contribution in [0.4, 0.5) is 34.1 Å². The van der Waals surface area contributed by atoms with Crippen molar-refractivity contribution in [2.45, 2.75) is 11.8 Å². The predicted octanol–water partition coefficient (Wildman–Crippen LogP) is 9.11. The molecule has 0 amide bonds. The standard InChI is InChI=1S/C20H13N3O7S.C16H13N5O4.Cr/c24-16-8-5-11-3-1-2-4-13(11)19(16)21-22-20-14-7-6-12(23(26)27)9-15(14)18(10-17(20)25)31(28,29)30;1-10-15(16(23)20(19-10)11-5-3-2-4-6-11)18-17-13-9-12(21(24)25)7-8-14(13)22;/h1-10,24-25H,(H,28,29,30);2-9,22-23H,1H3;/p+2. The van der Waals surface area contributed by atoms with E-state index in [-0.39, 0.29) is 76.8 Å². The Hall–Kier alpha value is -7.31. The maximum Gasteiger partial charge on any atom is 1.00 e. The molecule has 0 spiro atoms. The van der Waals surface area contributed by atoms with E-state index in [1.54, 1.807) is 61.5 Å². The van der Waals surface area contributed by atoms with Crippen molar-refractivity contribution >= 4 is 65.8 Å². The molecule has 0 saturated carbocycles. The molecule has 1 aromatic heterocycles. The largest absolute Gasteiger partial charge is 1.00 e. The molecule has 57 heavy (non-hydrogen) atoms. The van der Waals surface area contributed by atoms with E-state index in [1.807, 2.05) is 6.07 Å². The van der Waals surface area contributed by atoms with Crippen LogP contribution >= 0.6 is 0 Å². The van der Waals surface area contributed by atoms with Crippen molar-refractivity contribution in [3.63, 3.8) is 0 Å². The van der Waals surface area contributed by atoms with Gasteiger partial charge in [-0.3, -0.25) is 24.8 Å². The number of phenols is 3. The number of nitro benzene ring substituents is 2. The second-order valence-electron chi connectivity index (χ2n) is 11.7. The number of aryl methyl sites for hydroxylation is 1. The van der Waals surface area contributed by atoms with E-state index in [0.717, 1.165) is 41.8 Å². The van der Waals surface area contributed by atoms with Gasteiger partial charge in [0.2, 0.25) is 5.88 Å². The number of hydrogen-bond acceptors (Lipinski definition) is 15. The Morgan fingerprint density at radius 2 is 1.23 bits per heavy atom. The van der Waals surface area contributed by atoms with Gasteiger partial charge in [0, 0.05) is 63.9 Å². The zero-order chi connectivity index (χ0) is 40.3. The van der Waals surface area contributed by atoms with Gasteiger partial charge in [-0.2, -0.15) is 18.2 Å². The first kappa shape index (κ1) is 40.9. The van der Waals surface area contributed by atoms with Gasteiger partial charge in [-0.15, -0.1) is 20.5 Å². The van der Waals surface area contributed by atoms with Crippen molar-refractivity contribution in [1.29, 1.82) is 0 Å². The van der Waals surface area contributed by atoms with Gasteiger partial charge < -0.3 is 20.4 Å². The molecule has 0 bridgehead atoms. The number of aromatic nitrogens is 2. The molecule has 288 valence electrons. The Kier molecular flexibility index (Phi) is 11.9. The second kappa shape index (κ2) is 16.6.